The van der Waals surface area contributed by atoms with Crippen LogP contribution in [0.4, 0.5) is 5.69 Å². The van der Waals surface area contributed by atoms with E-state index in [0.717, 1.165) is 53.4 Å². The van der Waals surface area contributed by atoms with E-state index in [1.165, 1.54) is 5.56 Å². The van der Waals surface area contributed by atoms with Crippen molar-refractivity contribution in [3.8, 4) is 11.5 Å². The van der Waals surface area contributed by atoms with Crippen molar-refractivity contribution in [2.24, 2.45) is 0 Å². The van der Waals surface area contributed by atoms with Crippen LogP contribution in [-0.4, -0.2) is 35.7 Å². The van der Waals surface area contributed by atoms with Crippen molar-refractivity contribution in [1.29, 1.82) is 0 Å². The zero-order valence-electron chi connectivity index (χ0n) is 20.7. The van der Waals surface area contributed by atoms with Crippen LogP contribution in [0.5, 0.6) is 11.5 Å². The summed E-state index contributed by atoms with van der Waals surface area (Å²) in [5.41, 5.74) is 4.30. The van der Waals surface area contributed by atoms with Gasteiger partial charge in [0.05, 0.1) is 24.8 Å². The first-order chi connectivity index (χ1) is 17.2. The second-order valence-electron chi connectivity index (χ2n) is 8.88. The molecule has 1 aliphatic rings. The molecule has 5 rings (SSSR count). The molecule has 0 radical (unpaired) electrons. The molecule has 3 aromatic carbocycles. The molecule has 1 aromatic heterocycles. The standard InChI is InChI=1S/C29H31N3O3.ClH/c1-3-21-9-4-6-11-26(21)32-20-22(19-28(32)33)29-30-25-10-5-7-12-27(25)31(29)17-8-18-35-24-15-13-23(34-2)14-16-24;/h4-7,9-16,22H,3,8,17-20H2,1-2H3;1H. The number of hydrogen-bond acceptors (Lipinski definition) is 4. The van der Waals surface area contributed by atoms with Gasteiger partial charge < -0.3 is 18.9 Å². The Kier molecular flexibility index (Phi) is 8.16. The Morgan fingerprint density at radius 1 is 0.972 bits per heavy atom. The van der Waals surface area contributed by atoms with Gasteiger partial charge in [-0.05, 0) is 60.9 Å². The highest BCUT2D eigenvalue weighted by atomic mass is 35.5. The molecule has 1 fully saturated rings. The number of benzene rings is 3. The number of methoxy groups -OCH3 is 1. The predicted molar refractivity (Wildman–Crippen MR) is 146 cm³/mol. The Bertz CT molecular complexity index is 1320. The number of fused-ring (bicyclic) bond motifs is 1. The van der Waals surface area contributed by atoms with Crippen molar-refractivity contribution in [3.63, 3.8) is 0 Å². The fraction of sp³-hybridized carbons (Fsp3) is 0.310. The fourth-order valence-electron chi connectivity index (χ4n) is 4.91. The third-order valence-electron chi connectivity index (χ3n) is 6.69. The lowest BCUT2D eigenvalue weighted by molar-refractivity contribution is -0.117. The van der Waals surface area contributed by atoms with Crippen molar-refractivity contribution in [2.45, 2.75) is 38.6 Å². The molecule has 2 heterocycles. The van der Waals surface area contributed by atoms with Gasteiger partial charge in [-0.1, -0.05) is 37.3 Å². The Morgan fingerprint density at radius 2 is 1.69 bits per heavy atom. The predicted octanol–water partition coefficient (Wildman–Crippen LogP) is 6.02. The fourth-order valence-corrected chi connectivity index (χ4v) is 4.91. The van der Waals surface area contributed by atoms with Crippen molar-refractivity contribution < 1.29 is 14.3 Å². The van der Waals surface area contributed by atoms with Crippen LogP contribution in [-0.2, 0) is 17.8 Å². The molecule has 1 aliphatic heterocycles. The van der Waals surface area contributed by atoms with Crippen LogP contribution < -0.4 is 14.4 Å². The molecule has 0 aliphatic carbocycles. The van der Waals surface area contributed by atoms with Crippen LogP contribution in [0.15, 0.2) is 72.8 Å². The largest absolute Gasteiger partial charge is 0.497 e. The molecule has 1 amide bonds. The molecule has 1 unspecified atom stereocenters. The monoisotopic (exact) mass is 505 g/mol. The summed E-state index contributed by atoms with van der Waals surface area (Å²) < 4.78 is 13.4. The van der Waals surface area contributed by atoms with Crippen LogP contribution in [0.2, 0.25) is 0 Å². The lowest BCUT2D eigenvalue weighted by Gasteiger charge is -2.20. The molecule has 0 N–H and O–H groups in total. The number of aryl methyl sites for hydroxylation is 2. The van der Waals surface area contributed by atoms with Crippen molar-refractivity contribution in [2.75, 3.05) is 25.2 Å². The molecular formula is C29H32ClN3O3. The van der Waals surface area contributed by atoms with Gasteiger partial charge in [0.25, 0.3) is 0 Å². The van der Waals surface area contributed by atoms with Gasteiger partial charge in [0.2, 0.25) is 5.91 Å². The van der Waals surface area contributed by atoms with Gasteiger partial charge in [0.1, 0.15) is 17.3 Å². The van der Waals surface area contributed by atoms with Crippen LogP contribution >= 0.6 is 12.4 Å². The second-order valence-corrected chi connectivity index (χ2v) is 8.88. The number of para-hydroxylation sites is 3. The van der Waals surface area contributed by atoms with Gasteiger partial charge in [0, 0.05) is 31.1 Å². The van der Waals surface area contributed by atoms with Gasteiger partial charge in [0.15, 0.2) is 0 Å². The zero-order chi connectivity index (χ0) is 24.2. The Balaban J connectivity index is 0.00000304. The molecule has 1 atom stereocenters. The maximum absolute atomic E-state index is 13.1. The van der Waals surface area contributed by atoms with E-state index in [2.05, 4.69) is 29.7 Å². The summed E-state index contributed by atoms with van der Waals surface area (Å²) in [6.45, 7) is 4.16. The molecule has 0 bridgehead atoms. The first kappa shape index (κ1) is 25.6. The zero-order valence-corrected chi connectivity index (χ0v) is 21.5. The number of halogens is 1. The number of amides is 1. The lowest BCUT2D eigenvalue weighted by Crippen LogP contribution is -2.25. The smallest absolute Gasteiger partial charge is 0.227 e. The van der Waals surface area contributed by atoms with Crippen LogP contribution in [0.3, 0.4) is 0 Å². The molecule has 0 spiro atoms. The van der Waals surface area contributed by atoms with Gasteiger partial charge in [-0.2, -0.15) is 0 Å². The number of nitrogens with zero attached hydrogens (tertiary/aromatic N) is 3. The third-order valence-corrected chi connectivity index (χ3v) is 6.69. The van der Waals surface area contributed by atoms with E-state index in [0.29, 0.717) is 19.6 Å². The number of carbonyl (C=O) groups is 1. The first-order valence-electron chi connectivity index (χ1n) is 12.3. The summed E-state index contributed by atoms with van der Waals surface area (Å²) in [4.78, 5) is 20.0. The van der Waals surface area contributed by atoms with Crippen molar-refractivity contribution in [3.05, 3.63) is 84.2 Å². The summed E-state index contributed by atoms with van der Waals surface area (Å²) >= 11 is 0. The Morgan fingerprint density at radius 3 is 2.47 bits per heavy atom. The van der Waals surface area contributed by atoms with Gasteiger partial charge in [-0.3, -0.25) is 4.79 Å². The second kappa shape index (κ2) is 11.5. The highest BCUT2D eigenvalue weighted by Gasteiger charge is 2.35. The van der Waals surface area contributed by atoms with Gasteiger partial charge in [-0.25, -0.2) is 4.98 Å². The maximum Gasteiger partial charge on any atom is 0.227 e. The molecule has 188 valence electrons. The Labute approximate surface area is 218 Å². The highest BCUT2D eigenvalue weighted by molar-refractivity contribution is 5.97. The quantitative estimate of drug-likeness (QED) is 0.261. The minimum absolute atomic E-state index is 0. The average molecular weight is 506 g/mol. The van der Waals surface area contributed by atoms with Crippen molar-refractivity contribution >= 4 is 35.0 Å². The molecule has 7 heteroatoms. The number of rotatable bonds is 9. The minimum atomic E-state index is 0. The summed E-state index contributed by atoms with van der Waals surface area (Å²) in [5.74, 6) is 2.85. The van der Waals surface area contributed by atoms with Gasteiger partial charge in [-0.15, -0.1) is 12.4 Å². The number of anilines is 1. The number of carbonyl (C=O) groups excluding carboxylic acids is 1. The third kappa shape index (κ3) is 5.19. The molecule has 4 aromatic rings. The molecule has 1 saturated heterocycles. The molecule has 0 saturated carbocycles. The van der Waals surface area contributed by atoms with E-state index in [9.17, 15) is 4.79 Å². The van der Waals surface area contributed by atoms with E-state index >= 15 is 0 Å². The van der Waals surface area contributed by atoms with Crippen LogP contribution in [0.1, 0.15) is 37.1 Å². The summed E-state index contributed by atoms with van der Waals surface area (Å²) in [6, 6.07) is 24.1. The maximum atomic E-state index is 13.1. The number of ether oxygens (including phenoxy) is 2. The number of imidazole rings is 1. The summed E-state index contributed by atoms with van der Waals surface area (Å²) in [5, 5.41) is 0. The van der Waals surface area contributed by atoms with E-state index in [1.807, 2.05) is 59.5 Å². The number of aromatic nitrogens is 2. The number of hydrogen-bond donors (Lipinski definition) is 0. The summed E-state index contributed by atoms with van der Waals surface area (Å²) in [6.07, 6.45) is 2.21. The highest BCUT2D eigenvalue weighted by Crippen LogP contribution is 2.35. The lowest BCUT2D eigenvalue weighted by atomic mass is 10.1. The minimum Gasteiger partial charge on any atom is -0.497 e. The van der Waals surface area contributed by atoms with Gasteiger partial charge >= 0.3 is 0 Å². The van der Waals surface area contributed by atoms with E-state index < -0.39 is 0 Å². The molecule has 6 nitrogen and oxygen atoms in total. The van der Waals surface area contributed by atoms with E-state index in [1.54, 1.807) is 7.11 Å². The van der Waals surface area contributed by atoms with E-state index in [4.69, 9.17) is 14.5 Å². The topological polar surface area (TPSA) is 56.6 Å². The average Bonchev–Trinajstić information content (AvgIpc) is 3.47. The van der Waals surface area contributed by atoms with Crippen LogP contribution in [0.25, 0.3) is 11.0 Å². The first-order valence-corrected chi connectivity index (χ1v) is 12.3. The molecule has 36 heavy (non-hydrogen) atoms. The van der Waals surface area contributed by atoms with Crippen molar-refractivity contribution in [1.82, 2.24) is 9.55 Å². The summed E-state index contributed by atoms with van der Waals surface area (Å²) in [7, 11) is 1.66. The Hall–Kier alpha value is -3.51. The molecular weight excluding hydrogens is 474 g/mol. The van der Waals surface area contributed by atoms with Crippen LogP contribution in [0, 0.1) is 0 Å². The normalized spacial score (nSPS) is 15.2. The van der Waals surface area contributed by atoms with E-state index in [-0.39, 0.29) is 24.2 Å². The SMILES string of the molecule is CCc1ccccc1N1CC(c2nc3ccccc3n2CCCOc2ccc(OC)cc2)CC1=O.Cl.